The third kappa shape index (κ3) is 7.41. The summed E-state index contributed by atoms with van der Waals surface area (Å²) in [5, 5.41) is 0. The van der Waals surface area contributed by atoms with E-state index in [1.807, 2.05) is 6.92 Å². The van der Waals surface area contributed by atoms with Crippen LogP contribution in [0.3, 0.4) is 0 Å². The third-order valence-corrected chi connectivity index (χ3v) is 1.43. The van der Waals surface area contributed by atoms with Gasteiger partial charge in [0.05, 0.1) is 0 Å². The topological polar surface area (TPSA) is 17.1 Å². The summed E-state index contributed by atoms with van der Waals surface area (Å²) < 4.78 is 0. The average molecular weight is 140 g/mol. The first-order valence-corrected chi connectivity index (χ1v) is 3.96. The molecule has 0 N–H and O–H groups in total. The number of rotatable bonds is 6. The number of hydrogen-bond acceptors (Lipinski definition) is 1. The van der Waals surface area contributed by atoms with E-state index in [-0.39, 0.29) is 0 Å². The van der Waals surface area contributed by atoms with E-state index in [9.17, 15) is 4.79 Å². The van der Waals surface area contributed by atoms with E-state index in [0.717, 1.165) is 25.5 Å². The van der Waals surface area contributed by atoms with E-state index in [4.69, 9.17) is 0 Å². The molecule has 0 saturated carbocycles. The highest BCUT2D eigenvalue weighted by Crippen LogP contribution is 2.01. The van der Waals surface area contributed by atoms with Crippen molar-refractivity contribution in [3.05, 3.63) is 12.2 Å². The molecule has 0 unspecified atom stereocenters. The summed E-state index contributed by atoms with van der Waals surface area (Å²) in [6, 6.07) is 0. The van der Waals surface area contributed by atoms with Crippen LogP contribution >= 0.6 is 0 Å². The summed E-state index contributed by atoms with van der Waals surface area (Å²) in [7, 11) is 0. The Balaban J connectivity index is 2.83. The van der Waals surface area contributed by atoms with Gasteiger partial charge in [-0.2, -0.15) is 0 Å². The first-order chi connectivity index (χ1) is 4.91. The first kappa shape index (κ1) is 9.41. The van der Waals surface area contributed by atoms with Crippen molar-refractivity contribution >= 4 is 6.29 Å². The SMILES string of the molecule is C/C=C\CCCCCC=O. The van der Waals surface area contributed by atoms with E-state index in [1.54, 1.807) is 0 Å². The molecular weight excluding hydrogens is 124 g/mol. The Morgan fingerprint density at radius 3 is 2.40 bits per heavy atom. The van der Waals surface area contributed by atoms with Crippen LogP contribution in [0.1, 0.15) is 39.0 Å². The van der Waals surface area contributed by atoms with Gasteiger partial charge in [-0.15, -0.1) is 0 Å². The summed E-state index contributed by atoms with van der Waals surface area (Å²) in [5.74, 6) is 0. The van der Waals surface area contributed by atoms with E-state index in [1.165, 1.54) is 12.8 Å². The van der Waals surface area contributed by atoms with Gasteiger partial charge in [-0.3, -0.25) is 0 Å². The largest absolute Gasteiger partial charge is 0.303 e. The minimum absolute atomic E-state index is 0.732. The van der Waals surface area contributed by atoms with E-state index in [2.05, 4.69) is 12.2 Å². The van der Waals surface area contributed by atoms with Crippen LogP contribution in [-0.4, -0.2) is 6.29 Å². The Kier molecular flexibility index (Phi) is 7.91. The molecule has 0 aliphatic heterocycles. The second-order valence-electron chi connectivity index (χ2n) is 2.37. The number of aldehydes is 1. The van der Waals surface area contributed by atoms with E-state index >= 15 is 0 Å². The predicted octanol–water partition coefficient (Wildman–Crippen LogP) is 2.71. The van der Waals surface area contributed by atoms with Gasteiger partial charge >= 0.3 is 0 Å². The van der Waals surface area contributed by atoms with Crippen molar-refractivity contribution in [3.63, 3.8) is 0 Å². The highest BCUT2D eigenvalue weighted by Gasteiger charge is 1.85. The molecule has 0 heterocycles. The maximum Gasteiger partial charge on any atom is 0.119 e. The predicted molar refractivity (Wildman–Crippen MR) is 44.0 cm³/mol. The monoisotopic (exact) mass is 140 g/mol. The van der Waals surface area contributed by atoms with Gasteiger partial charge in [-0.05, 0) is 26.2 Å². The van der Waals surface area contributed by atoms with Gasteiger partial charge in [0, 0.05) is 6.42 Å². The van der Waals surface area contributed by atoms with Gasteiger partial charge in [-0.25, -0.2) is 0 Å². The molecule has 1 nitrogen and oxygen atoms in total. The Hall–Kier alpha value is -0.590. The van der Waals surface area contributed by atoms with Crippen molar-refractivity contribution in [1.29, 1.82) is 0 Å². The van der Waals surface area contributed by atoms with E-state index < -0.39 is 0 Å². The van der Waals surface area contributed by atoms with Crippen molar-refractivity contribution in [1.82, 2.24) is 0 Å². The van der Waals surface area contributed by atoms with Crippen LogP contribution in [0.15, 0.2) is 12.2 Å². The maximum atomic E-state index is 9.88. The van der Waals surface area contributed by atoms with E-state index in [0.29, 0.717) is 0 Å². The molecule has 0 rings (SSSR count). The van der Waals surface area contributed by atoms with Crippen LogP contribution in [0, 0.1) is 0 Å². The van der Waals surface area contributed by atoms with Gasteiger partial charge in [0.1, 0.15) is 6.29 Å². The van der Waals surface area contributed by atoms with Gasteiger partial charge in [-0.1, -0.05) is 18.6 Å². The summed E-state index contributed by atoms with van der Waals surface area (Å²) in [6.07, 6.45) is 10.6. The fraction of sp³-hybridized carbons (Fsp3) is 0.667. The van der Waals surface area contributed by atoms with Crippen LogP contribution < -0.4 is 0 Å². The van der Waals surface area contributed by atoms with Crippen LogP contribution in [0.4, 0.5) is 0 Å². The highest BCUT2D eigenvalue weighted by molar-refractivity contribution is 5.48. The molecule has 0 spiro atoms. The van der Waals surface area contributed by atoms with Crippen LogP contribution in [0.5, 0.6) is 0 Å². The van der Waals surface area contributed by atoms with Crippen LogP contribution in [0.25, 0.3) is 0 Å². The maximum absolute atomic E-state index is 9.88. The molecular formula is C9H16O. The fourth-order valence-corrected chi connectivity index (χ4v) is 0.833. The second kappa shape index (κ2) is 8.41. The van der Waals surface area contributed by atoms with Gasteiger partial charge < -0.3 is 4.79 Å². The zero-order valence-corrected chi connectivity index (χ0v) is 6.68. The smallest absolute Gasteiger partial charge is 0.119 e. The Morgan fingerprint density at radius 2 is 1.80 bits per heavy atom. The molecule has 0 aromatic carbocycles. The van der Waals surface area contributed by atoms with Gasteiger partial charge in [0.25, 0.3) is 0 Å². The molecule has 10 heavy (non-hydrogen) atoms. The molecule has 0 saturated heterocycles. The summed E-state index contributed by atoms with van der Waals surface area (Å²) in [6.45, 7) is 2.03. The van der Waals surface area contributed by atoms with Crippen molar-refractivity contribution in [2.75, 3.05) is 0 Å². The molecule has 0 bridgehead atoms. The Bertz CT molecular complexity index is 94.9. The molecule has 0 radical (unpaired) electrons. The number of allylic oxidation sites excluding steroid dienone is 2. The minimum Gasteiger partial charge on any atom is -0.303 e. The number of unbranched alkanes of at least 4 members (excludes halogenated alkanes) is 4. The summed E-state index contributed by atoms with van der Waals surface area (Å²) in [4.78, 5) is 9.88. The van der Waals surface area contributed by atoms with Crippen LogP contribution in [-0.2, 0) is 4.79 Å². The first-order valence-electron chi connectivity index (χ1n) is 3.96. The number of hydrogen-bond donors (Lipinski definition) is 0. The van der Waals surface area contributed by atoms with Gasteiger partial charge in [0.15, 0.2) is 0 Å². The minimum atomic E-state index is 0.732. The molecule has 0 amide bonds. The van der Waals surface area contributed by atoms with Crippen molar-refractivity contribution in [2.24, 2.45) is 0 Å². The molecule has 0 aromatic rings. The zero-order chi connectivity index (χ0) is 7.66. The van der Waals surface area contributed by atoms with Crippen molar-refractivity contribution in [2.45, 2.75) is 39.0 Å². The standard InChI is InChI=1S/C9H16O/c1-2-3-4-5-6-7-8-9-10/h2-3,9H,4-8H2,1H3/b3-2-. The average Bonchev–Trinajstić information content (AvgIpc) is 1.97. The Labute approximate surface area is 63.1 Å². The van der Waals surface area contributed by atoms with Crippen molar-refractivity contribution in [3.8, 4) is 0 Å². The molecule has 0 aromatic heterocycles. The fourth-order valence-electron chi connectivity index (χ4n) is 0.833. The normalized spacial score (nSPS) is 10.5. The second-order valence-corrected chi connectivity index (χ2v) is 2.37. The molecule has 0 aliphatic rings. The Morgan fingerprint density at radius 1 is 1.10 bits per heavy atom. The van der Waals surface area contributed by atoms with Crippen molar-refractivity contribution < 1.29 is 4.79 Å². The van der Waals surface area contributed by atoms with Gasteiger partial charge in [0.2, 0.25) is 0 Å². The molecule has 0 aliphatic carbocycles. The third-order valence-electron chi connectivity index (χ3n) is 1.43. The molecule has 0 atom stereocenters. The summed E-state index contributed by atoms with van der Waals surface area (Å²) in [5.41, 5.74) is 0. The molecule has 0 fully saturated rings. The number of carbonyl (C=O) groups is 1. The molecule has 58 valence electrons. The highest BCUT2D eigenvalue weighted by atomic mass is 16.1. The van der Waals surface area contributed by atoms with Crippen LogP contribution in [0.2, 0.25) is 0 Å². The molecule has 1 heteroatoms. The zero-order valence-electron chi connectivity index (χ0n) is 6.68. The lowest BCUT2D eigenvalue weighted by molar-refractivity contribution is -0.107. The number of carbonyl (C=O) groups excluding carboxylic acids is 1. The quantitative estimate of drug-likeness (QED) is 0.315. The summed E-state index contributed by atoms with van der Waals surface area (Å²) >= 11 is 0. The lowest BCUT2D eigenvalue weighted by Gasteiger charge is -1.92. The lowest BCUT2D eigenvalue weighted by Crippen LogP contribution is -1.77. The lowest BCUT2D eigenvalue weighted by atomic mass is 10.1.